The molecule has 0 saturated carbocycles. The number of imide groups is 1. The molecule has 4 amide bonds. The highest BCUT2D eigenvalue weighted by Crippen LogP contribution is 2.46. The van der Waals surface area contributed by atoms with Crippen molar-refractivity contribution < 1.29 is 33.9 Å². The maximum Gasteiger partial charge on any atom is 0.419 e. The van der Waals surface area contributed by atoms with E-state index in [0.29, 0.717) is 32.4 Å². The molecule has 1 aliphatic rings. The van der Waals surface area contributed by atoms with Gasteiger partial charge in [-0.2, -0.15) is 0 Å². The molecule has 10 heteroatoms. The van der Waals surface area contributed by atoms with E-state index in [-0.39, 0.29) is 38.0 Å². The topological polar surface area (TPSA) is 125 Å². The van der Waals surface area contributed by atoms with E-state index < -0.39 is 29.4 Å². The Bertz CT molecular complexity index is 1160. The van der Waals surface area contributed by atoms with Gasteiger partial charge in [0.15, 0.2) is 0 Å². The molecule has 2 unspecified atom stereocenters. The average molecular weight is 568 g/mol. The number of amides is 4. The highest BCUT2D eigenvalue weighted by atomic mass is 16.6. The van der Waals surface area contributed by atoms with Crippen LogP contribution in [0.3, 0.4) is 0 Å². The molecule has 2 aromatic carbocycles. The van der Waals surface area contributed by atoms with Gasteiger partial charge >= 0.3 is 12.2 Å². The molecule has 1 fully saturated rings. The minimum atomic E-state index is -1.11. The van der Waals surface area contributed by atoms with Gasteiger partial charge in [-0.25, -0.2) is 20.0 Å². The SMILES string of the molecule is CCOC(=O)N(CCC(C(=O)NO)C1(CC(C)C)CCN(CCc2ccccc2)C1=O)C(=O)OCc1ccccc1. The molecule has 10 nitrogen and oxygen atoms in total. The summed E-state index contributed by atoms with van der Waals surface area (Å²) in [7, 11) is 0. The predicted molar refractivity (Wildman–Crippen MR) is 152 cm³/mol. The fourth-order valence-electron chi connectivity index (χ4n) is 5.61. The van der Waals surface area contributed by atoms with Crippen molar-refractivity contribution in [2.75, 3.05) is 26.2 Å². The summed E-state index contributed by atoms with van der Waals surface area (Å²) in [6.45, 7) is 6.28. The van der Waals surface area contributed by atoms with E-state index in [0.717, 1.165) is 16.0 Å². The van der Waals surface area contributed by atoms with Crippen molar-refractivity contribution in [2.45, 2.75) is 53.1 Å². The number of carbonyl (C=O) groups is 4. The lowest BCUT2D eigenvalue weighted by Crippen LogP contribution is -2.49. The van der Waals surface area contributed by atoms with Crippen LogP contribution in [0.4, 0.5) is 9.59 Å². The third kappa shape index (κ3) is 8.29. The number of ether oxygens (including phenoxy) is 2. The summed E-state index contributed by atoms with van der Waals surface area (Å²) in [4.78, 5) is 55.4. The second kappa shape index (κ2) is 15.2. The van der Waals surface area contributed by atoms with E-state index in [2.05, 4.69) is 0 Å². The van der Waals surface area contributed by atoms with Gasteiger partial charge in [-0.3, -0.25) is 14.8 Å². The van der Waals surface area contributed by atoms with Gasteiger partial charge < -0.3 is 14.4 Å². The Balaban J connectivity index is 1.80. The lowest BCUT2D eigenvalue weighted by molar-refractivity contribution is -0.150. The molecule has 0 aliphatic carbocycles. The number of rotatable bonds is 13. The van der Waals surface area contributed by atoms with E-state index in [4.69, 9.17) is 9.47 Å². The molecule has 0 radical (unpaired) electrons. The summed E-state index contributed by atoms with van der Waals surface area (Å²) >= 11 is 0. The van der Waals surface area contributed by atoms with Crippen LogP contribution in [0.25, 0.3) is 0 Å². The van der Waals surface area contributed by atoms with Gasteiger partial charge in [0.25, 0.3) is 0 Å². The van der Waals surface area contributed by atoms with Crippen molar-refractivity contribution in [3.8, 4) is 0 Å². The number of hydrogen-bond acceptors (Lipinski definition) is 7. The van der Waals surface area contributed by atoms with Crippen molar-refractivity contribution in [3.63, 3.8) is 0 Å². The Morgan fingerprint density at radius 3 is 2.20 bits per heavy atom. The van der Waals surface area contributed by atoms with Crippen molar-refractivity contribution in [1.29, 1.82) is 0 Å². The number of hydrogen-bond donors (Lipinski definition) is 2. The normalized spacial score (nSPS) is 17.3. The first-order valence-corrected chi connectivity index (χ1v) is 14.1. The number of nitrogens with zero attached hydrogens (tertiary/aromatic N) is 2. The number of benzene rings is 2. The zero-order valence-corrected chi connectivity index (χ0v) is 24.1. The van der Waals surface area contributed by atoms with Crippen molar-refractivity contribution in [3.05, 3.63) is 71.8 Å². The van der Waals surface area contributed by atoms with Gasteiger partial charge in [-0.1, -0.05) is 74.5 Å². The van der Waals surface area contributed by atoms with Crippen LogP contribution in [0.15, 0.2) is 60.7 Å². The van der Waals surface area contributed by atoms with Crippen LogP contribution >= 0.6 is 0 Å². The third-order valence-corrected chi connectivity index (χ3v) is 7.48. The van der Waals surface area contributed by atoms with E-state index >= 15 is 0 Å². The largest absolute Gasteiger partial charge is 0.449 e. The standard InChI is InChI=1S/C31H41N3O7/c1-4-40-29(37)34(30(38)41-22-25-13-9-6-10-14-25)19-16-26(27(35)32-39)31(21-23(2)3)17-20-33(28(31)36)18-15-24-11-7-5-8-12-24/h5-14,23,26,39H,4,15-22H2,1-3H3,(H,32,35). The Morgan fingerprint density at radius 1 is 1.00 bits per heavy atom. The molecular formula is C31H41N3O7. The molecule has 3 rings (SSSR count). The lowest BCUT2D eigenvalue weighted by atomic mass is 9.67. The first-order valence-electron chi connectivity index (χ1n) is 14.1. The second-order valence-electron chi connectivity index (χ2n) is 10.7. The molecule has 2 atom stereocenters. The lowest BCUT2D eigenvalue weighted by Gasteiger charge is -2.36. The third-order valence-electron chi connectivity index (χ3n) is 7.48. The first kappa shape index (κ1) is 31.6. The summed E-state index contributed by atoms with van der Waals surface area (Å²) in [5, 5.41) is 9.68. The monoisotopic (exact) mass is 567 g/mol. The highest BCUT2D eigenvalue weighted by Gasteiger charge is 2.54. The van der Waals surface area contributed by atoms with Crippen molar-refractivity contribution in [1.82, 2.24) is 15.3 Å². The summed E-state index contributed by atoms with van der Waals surface area (Å²) in [6, 6.07) is 18.9. The summed E-state index contributed by atoms with van der Waals surface area (Å²) in [6.07, 6.45) is -0.399. The molecule has 2 N–H and O–H groups in total. The molecule has 0 aromatic heterocycles. The van der Waals surface area contributed by atoms with Gasteiger partial charge in [-0.15, -0.1) is 0 Å². The van der Waals surface area contributed by atoms with Gasteiger partial charge in [0, 0.05) is 19.6 Å². The Labute approximate surface area is 241 Å². The Hall–Kier alpha value is -3.92. The highest BCUT2D eigenvalue weighted by molar-refractivity contribution is 5.92. The Morgan fingerprint density at radius 2 is 1.61 bits per heavy atom. The fraction of sp³-hybridized carbons (Fsp3) is 0.484. The van der Waals surface area contributed by atoms with Gasteiger partial charge in [0.2, 0.25) is 11.8 Å². The molecule has 0 spiro atoms. The summed E-state index contributed by atoms with van der Waals surface area (Å²) in [5.41, 5.74) is 2.46. The maximum absolute atomic E-state index is 14.0. The molecule has 1 aliphatic heterocycles. The van der Waals surface area contributed by atoms with Gasteiger partial charge in [-0.05, 0) is 49.7 Å². The number of nitrogens with one attached hydrogen (secondary N) is 1. The van der Waals surface area contributed by atoms with Crippen molar-refractivity contribution >= 4 is 24.0 Å². The molecule has 222 valence electrons. The van der Waals surface area contributed by atoms with Crippen LogP contribution in [0.2, 0.25) is 0 Å². The van der Waals surface area contributed by atoms with Crippen LogP contribution in [0.1, 0.15) is 51.2 Å². The maximum atomic E-state index is 14.0. The Kier molecular flexibility index (Phi) is 11.7. The summed E-state index contributed by atoms with van der Waals surface area (Å²) < 4.78 is 10.4. The van der Waals surface area contributed by atoms with E-state index in [1.165, 1.54) is 0 Å². The van der Waals surface area contributed by atoms with Crippen molar-refractivity contribution in [2.24, 2.45) is 17.3 Å². The van der Waals surface area contributed by atoms with Gasteiger partial charge in [0.05, 0.1) is 17.9 Å². The zero-order chi connectivity index (χ0) is 29.8. The average Bonchev–Trinajstić information content (AvgIpc) is 3.28. The van der Waals surface area contributed by atoms with E-state index in [9.17, 15) is 24.4 Å². The van der Waals surface area contributed by atoms with Crippen LogP contribution in [0.5, 0.6) is 0 Å². The molecular weight excluding hydrogens is 526 g/mol. The fourth-order valence-corrected chi connectivity index (χ4v) is 5.61. The van der Waals surface area contributed by atoms with E-state index in [1.807, 2.05) is 50.2 Å². The molecule has 41 heavy (non-hydrogen) atoms. The quantitative estimate of drug-likeness (QED) is 0.263. The number of likely N-dealkylation sites (tertiary alicyclic amines) is 1. The van der Waals surface area contributed by atoms with Gasteiger partial charge in [0.1, 0.15) is 6.61 Å². The second-order valence-corrected chi connectivity index (χ2v) is 10.7. The van der Waals surface area contributed by atoms with Crippen LogP contribution in [0, 0.1) is 17.3 Å². The predicted octanol–water partition coefficient (Wildman–Crippen LogP) is 4.80. The summed E-state index contributed by atoms with van der Waals surface area (Å²) in [5.74, 6) is -1.82. The van der Waals surface area contributed by atoms with Crippen LogP contribution in [-0.2, 0) is 32.1 Å². The minimum Gasteiger partial charge on any atom is -0.449 e. The molecule has 2 aromatic rings. The molecule has 1 heterocycles. The first-order chi connectivity index (χ1) is 19.7. The minimum absolute atomic E-state index is 0.0357. The number of carbonyl (C=O) groups excluding carboxylic acids is 4. The smallest absolute Gasteiger partial charge is 0.419 e. The van der Waals surface area contributed by atoms with Crippen LogP contribution in [-0.4, -0.2) is 65.2 Å². The zero-order valence-electron chi connectivity index (χ0n) is 24.1. The molecule has 0 bridgehead atoms. The van der Waals surface area contributed by atoms with E-state index in [1.54, 1.807) is 41.6 Å². The van der Waals surface area contributed by atoms with Crippen LogP contribution < -0.4 is 5.48 Å². The number of hydroxylamine groups is 1. The molecule has 1 saturated heterocycles.